The minimum Gasteiger partial charge on any atom is -0.311 e. The molecule has 1 atom stereocenters. The van der Waals surface area contributed by atoms with Crippen LogP contribution in [-0.4, -0.2) is 18.3 Å². The Labute approximate surface area is 101 Å². The minimum atomic E-state index is -4.00. The zero-order valence-electron chi connectivity index (χ0n) is 10.4. The van der Waals surface area contributed by atoms with E-state index < -0.39 is 12.1 Å². The maximum absolute atomic E-state index is 12.5. The summed E-state index contributed by atoms with van der Waals surface area (Å²) < 4.78 is 37.4. The first-order chi connectivity index (χ1) is 7.93. The van der Waals surface area contributed by atoms with Gasteiger partial charge >= 0.3 is 6.18 Å². The van der Waals surface area contributed by atoms with Gasteiger partial charge in [0.05, 0.1) is 5.92 Å². The molecule has 1 fully saturated rings. The Bertz CT molecular complexity index is 229. The number of rotatable bonds is 5. The van der Waals surface area contributed by atoms with E-state index in [1.807, 2.05) is 6.08 Å². The molecule has 0 radical (unpaired) electrons. The molecule has 100 valence electrons. The van der Waals surface area contributed by atoms with Crippen molar-refractivity contribution in [3.05, 3.63) is 12.7 Å². The Kier molecular flexibility index (Phi) is 5.50. The molecule has 1 rings (SSSR count). The summed E-state index contributed by atoms with van der Waals surface area (Å²) in [6.45, 7) is 5.75. The van der Waals surface area contributed by atoms with Crippen LogP contribution in [0, 0.1) is 5.92 Å². The van der Waals surface area contributed by atoms with E-state index >= 15 is 0 Å². The molecule has 1 aliphatic rings. The van der Waals surface area contributed by atoms with Crippen LogP contribution >= 0.6 is 0 Å². The summed E-state index contributed by atoms with van der Waals surface area (Å²) in [4.78, 5) is 0. The molecule has 0 saturated heterocycles. The highest BCUT2D eigenvalue weighted by atomic mass is 19.4. The third-order valence-electron chi connectivity index (χ3n) is 3.51. The largest absolute Gasteiger partial charge is 0.391 e. The molecule has 1 unspecified atom stereocenters. The number of alkyl halides is 3. The highest BCUT2D eigenvalue weighted by Crippen LogP contribution is 2.37. The van der Waals surface area contributed by atoms with Crippen molar-refractivity contribution in [3.63, 3.8) is 0 Å². The van der Waals surface area contributed by atoms with E-state index in [1.165, 1.54) is 0 Å². The fourth-order valence-electron chi connectivity index (χ4n) is 2.44. The Morgan fingerprint density at radius 1 is 1.29 bits per heavy atom. The van der Waals surface area contributed by atoms with Crippen LogP contribution in [0.5, 0.6) is 0 Å². The van der Waals surface area contributed by atoms with Gasteiger partial charge in [-0.1, -0.05) is 6.08 Å². The number of hydrogen-bond donors (Lipinski definition) is 1. The lowest BCUT2D eigenvalue weighted by atomic mass is 9.85. The molecule has 0 heterocycles. The number of hydrogen-bond acceptors (Lipinski definition) is 1. The Balaban J connectivity index is 2.25. The molecule has 1 N–H and O–H groups in total. The smallest absolute Gasteiger partial charge is 0.311 e. The Hall–Kier alpha value is -0.510. The summed E-state index contributed by atoms with van der Waals surface area (Å²) >= 11 is 0. The predicted molar refractivity (Wildman–Crippen MR) is 63.8 cm³/mol. The van der Waals surface area contributed by atoms with Crippen molar-refractivity contribution in [1.29, 1.82) is 0 Å². The molecule has 1 aliphatic carbocycles. The lowest BCUT2D eigenvalue weighted by Crippen LogP contribution is -2.41. The zero-order valence-corrected chi connectivity index (χ0v) is 10.4. The molecular formula is C13H22F3N. The van der Waals surface area contributed by atoms with Gasteiger partial charge in [0, 0.05) is 12.1 Å². The van der Waals surface area contributed by atoms with E-state index in [0.29, 0.717) is 18.9 Å². The first-order valence-electron chi connectivity index (χ1n) is 6.37. The average Bonchev–Trinajstić information content (AvgIpc) is 2.26. The van der Waals surface area contributed by atoms with Gasteiger partial charge in [-0.05, 0) is 45.4 Å². The first kappa shape index (κ1) is 14.6. The first-order valence-corrected chi connectivity index (χ1v) is 6.37. The maximum Gasteiger partial charge on any atom is 0.391 e. The summed E-state index contributed by atoms with van der Waals surface area (Å²) in [6, 6.07) is 0.619. The summed E-state index contributed by atoms with van der Waals surface area (Å²) in [7, 11) is 0. The molecule has 1 saturated carbocycles. The second kappa shape index (κ2) is 6.43. The lowest BCUT2D eigenvalue weighted by Gasteiger charge is -2.32. The molecule has 0 spiro atoms. The molecule has 4 heteroatoms. The van der Waals surface area contributed by atoms with Crippen LogP contribution in [0.25, 0.3) is 0 Å². The predicted octanol–water partition coefficient (Wildman–Crippen LogP) is 4.05. The summed E-state index contributed by atoms with van der Waals surface area (Å²) in [5.41, 5.74) is 0. The fraction of sp³-hybridized carbons (Fsp3) is 0.846. The normalized spacial score (nSPS) is 27.8. The standard InChI is InChI=1S/C13H22F3N/c1-3-4-5-10(2)17-12-8-6-11(7-9-12)13(14,15)16/h3,10-12,17H,1,4-9H2,2H3. The van der Waals surface area contributed by atoms with Gasteiger partial charge in [-0.15, -0.1) is 6.58 Å². The molecule has 0 bridgehead atoms. The van der Waals surface area contributed by atoms with E-state index in [9.17, 15) is 13.2 Å². The lowest BCUT2D eigenvalue weighted by molar-refractivity contribution is -0.182. The van der Waals surface area contributed by atoms with Crippen molar-refractivity contribution in [3.8, 4) is 0 Å². The number of nitrogens with one attached hydrogen (secondary N) is 1. The van der Waals surface area contributed by atoms with Gasteiger partial charge in [0.25, 0.3) is 0 Å². The molecule has 0 amide bonds. The molecule has 0 aromatic heterocycles. The number of halogens is 3. The highest BCUT2D eigenvalue weighted by Gasteiger charge is 2.41. The van der Waals surface area contributed by atoms with Crippen LogP contribution in [0.1, 0.15) is 45.4 Å². The fourth-order valence-corrected chi connectivity index (χ4v) is 2.44. The molecular weight excluding hydrogens is 227 g/mol. The summed E-state index contributed by atoms with van der Waals surface area (Å²) in [5, 5.41) is 3.41. The van der Waals surface area contributed by atoms with Crippen molar-refractivity contribution in [2.24, 2.45) is 5.92 Å². The summed E-state index contributed by atoms with van der Waals surface area (Å²) in [6.07, 6.45) is 1.66. The van der Waals surface area contributed by atoms with Crippen LogP contribution in [-0.2, 0) is 0 Å². The van der Waals surface area contributed by atoms with Gasteiger partial charge in [-0.3, -0.25) is 0 Å². The van der Waals surface area contributed by atoms with Gasteiger partial charge in [-0.25, -0.2) is 0 Å². The van der Waals surface area contributed by atoms with Crippen LogP contribution in [0.2, 0.25) is 0 Å². The SMILES string of the molecule is C=CCCC(C)NC1CCC(C(F)(F)F)CC1. The van der Waals surface area contributed by atoms with E-state index in [-0.39, 0.29) is 18.9 Å². The minimum absolute atomic E-state index is 0.258. The van der Waals surface area contributed by atoms with Crippen molar-refractivity contribution in [1.82, 2.24) is 5.32 Å². The van der Waals surface area contributed by atoms with Gasteiger partial charge in [0.1, 0.15) is 0 Å². The van der Waals surface area contributed by atoms with Crippen LogP contribution in [0.15, 0.2) is 12.7 Å². The van der Waals surface area contributed by atoms with Gasteiger partial charge in [0.2, 0.25) is 0 Å². The van der Waals surface area contributed by atoms with E-state index in [0.717, 1.165) is 12.8 Å². The molecule has 0 aromatic rings. The summed E-state index contributed by atoms with van der Waals surface area (Å²) in [5.74, 6) is -1.08. The van der Waals surface area contributed by atoms with Crippen molar-refractivity contribution >= 4 is 0 Å². The molecule has 0 aromatic carbocycles. The van der Waals surface area contributed by atoms with Crippen molar-refractivity contribution in [2.45, 2.75) is 63.7 Å². The second-order valence-electron chi connectivity index (χ2n) is 5.02. The van der Waals surface area contributed by atoms with Crippen LogP contribution in [0.3, 0.4) is 0 Å². The zero-order chi connectivity index (χ0) is 12.9. The van der Waals surface area contributed by atoms with E-state index in [2.05, 4.69) is 18.8 Å². The van der Waals surface area contributed by atoms with Gasteiger partial charge < -0.3 is 5.32 Å². The number of allylic oxidation sites excluding steroid dienone is 1. The van der Waals surface area contributed by atoms with Crippen molar-refractivity contribution < 1.29 is 13.2 Å². The van der Waals surface area contributed by atoms with Gasteiger partial charge in [0.15, 0.2) is 0 Å². The second-order valence-corrected chi connectivity index (χ2v) is 5.02. The molecule has 1 nitrogen and oxygen atoms in total. The molecule has 0 aliphatic heterocycles. The monoisotopic (exact) mass is 249 g/mol. The highest BCUT2D eigenvalue weighted by molar-refractivity contribution is 4.82. The maximum atomic E-state index is 12.5. The van der Waals surface area contributed by atoms with Crippen LogP contribution in [0.4, 0.5) is 13.2 Å². The van der Waals surface area contributed by atoms with E-state index in [4.69, 9.17) is 0 Å². The Morgan fingerprint density at radius 2 is 1.88 bits per heavy atom. The quantitative estimate of drug-likeness (QED) is 0.725. The third-order valence-corrected chi connectivity index (χ3v) is 3.51. The van der Waals surface area contributed by atoms with Crippen molar-refractivity contribution in [2.75, 3.05) is 0 Å². The third kappa shape index (κ3) is 5.11. The Morgan fingerprint density at radius 3 is 2.35 bits per heavy atom. The van der Waals surface area contributed by atoms with Crippen LogP contribution < -0.4 is 5.32 Å². The average molecular weight is 249 g/mol. The van der Waals surface area contributed by atoms with Gasteiger partial charge in [-0.2, -0.15) is 13.2 Å². The topological polar surface area (TPSA) is 12.0 Å². The van der Waals surface area contributed by atoms with E-state index in [1.54, 1.807) is 0 Å². The molecule has 17 heavy (non-hydrogen) atoms.